The van der Waals surface area contributed by atoms with Crippen LogP contribution in [0.25, 0.3) is 11.4 Å². The van der Waals surface area contributed by atoms with E-state index in [-0.39, 0.29) is 11.7 Å². The maximum absolute atomic E-state index is 13.4. The fourth-order valence-corrected chi connectivity index (χ4v) is 3.09. The summed E-state index contributed by atoms with van der Waals surface area (Å²) in [5, 5.41) is 10.9. The molecule has 1 amide bonds. The Bertz CT molecular complexity index is 1020. The topological polar surface area (TPSA) is 112 Å². The highest BCUT2D eigenvalue weighted by Gasteiger charge is 2.14. The Balaban J connectivity index is 1.58. The van der Waals surface area contributed by atoms with Gasteiger partial charge in [-0.15, -0.1) is 10.2 Å². The lowest BCUT2D eigenvalue weighted by Crippen LogP contribution is -2.16. The first-order valence-electron chi connectivity index (χ1n) is 8.64. The van der Waals surface area contributed by atoms with E-state index in [1.165, 1.54) is 16.8 Å². The number of halogens is 1. The first-order chi connectivity index (χ1) is 14.0. The Kier molecular flexibility index (Phi) is 6.45. The molecule has 150 valence electrons. The van der Waals surface area contributed by atoms with Crippen molar-refractivity contribution < 1.29 is 18.7 Å². The number of rotatable bonds is 7. The molecule has 29 heavy (non-hydrogen) atoms. The van der Waals surface area contributed by atoms with E-state index >= 15 is 0 Å². The van der Waals surface area contributed by atoms with Crippen LogP contribution in [-0.4, -0.2) is 39.1 Å². The van der Waals surface area contributed by atoms with Crippen molar-refractivity contribution in [3.05, 3.63) is 59.9 Å². The third kappa shape index (κ3) is 5.11. The molecule has 0 aliphatic carbocycles. The fraction of sp³-hybridized carbons (Fsp3) is 0.158. The first-order valence-corrected chi connectivity index (χ1v) is 9.62. The Morgan fingerprint density at radius 1 is 1.21 bits per heavy atom. The van der Waals surface area contributed by atoms with E-state index in [0.29, 0.717) is 34.4 Å². The van der Waals surface area contributed by atoms with Gasteiger partial charge < -0.3 is 15.9 Å². The second-order valence-corrected chi connectivity index (χ2v) is 6.76. The minimum atomic E-state index is -0.419. The van der Waals surface area contributed by atoms with Crippen LogP contribution in [0.5, 0.6) is 0 Å². The molecule has 0 aliphatic rings. The lowest BCUT2D eigenvalue weighted by atomic mass is 10.2. The van der Waals surface area contributed by atoms with Gasteiger partial charge in [0.15, 0.2) is 5.82 Å². The average molecular weight is 415 g/mol. The summed E-state index contributed by atoms with van der Waals surface area (Å²) in [6.45, 7) is 2.02. The van der Waals surface area contributed by atoms with E-state index in [1.807, 2.05) is 0 Å². The molecule has 0 saturated carbocycles. The van der Waals surface area contributed by atoms with Gasteiger partial charge in [-0.25, -0.2) is 13.9 Å². The Hall–Kier alpha value is -3.40. The number of nitrogens with two attached hydrogens (primary N) is 1. The van der Waals surface area contributed by atoms with Crippen LogP contribution in [0, 0.1) is 5.82 Å². The van der Waals surface area contributed by atoms with Gasteiger partial charge in [0, 0.05) is 11.3 Å². The molecule has 3 rings (SSSR count). The van der Waals surface area contributed by atoms with Crippen molar-refractivity contribution in [1.29, 1.82) is 0 Å². The monoisotopic (exact) mass is 415 g/mol. The van der Waals surface area contributed by atoms with E-state index in [0.717, 1.165) is 11.8 Å². The van der Waals surface area contributed by atoms with Crippen LogP contribution in [0.3, 0.4) is 0 Å². The molecule has 0 radical (unpaired) electrons. The lowest BCUT2D eigenvalue weighted by Gasteiger charge is -2.07. The van der Waals surface area contributed by atoms with Gasteiger partial charge in [0.1, 0.15) is 5.82 Å². The number of nitrogens with one attached hydrogen (secondary N) is 1. The van der Waals surface area contributed by atoms with Gasteiger partial charge in [-0.3, -0.25) is 4.79 Å². The number of esters is 1. The maximum atomic E-state index is 13.4. The summed E-state index contributed by atoms with van der Waals surface area (Å²) in [7, 11) is 0. The number of amides is 1. The molecule has 1 heterocycles. The molecule has 0 aliphatic heterocycles. The number of benzene rings is 2. The molecule has 10 heteroatoms. The molecule has 0 atom stereocenters. The minimum Gasteiger partial charge on any atom is -0.462 e. The van der Waals surface area contributed by atoms with Gasteiger partial charge in [0.2, 0.25) is 11.1 Å². The summed E-state index contributed by atoms with van der Waals surface area (Å²) in [5.41, 5.74) is 1.43. The third-order valence-electron chi connectivity index (χ3n) is 3.76. The van der Waals surface area contributed by atoms with Gasteiger partial charge in [-0.05, 0) is 43.3 Å². The van der Waals surface area contributed by atoms with Crippen LogP contribution in [0.4, 0.5) is 10.1 Å². The summed E-state index contributed by atoms with van der Waals surface area (Å²) in [5.74, 6) is 5.19. The number of hydrogen-bond donors (Lipinski definition) is 2. The van der Waals surface area contributed by atoms with Gasteiger partial charge in [0.25, 0.3) is 0 Å². The van der Waals surface area contributed by atoms with Crippen molar-refractivity contribution in [2.24, 2.45) is 0 Å². The molecule has 0 bridgehead atoms. The van der Waals surface area contributed by atoms with Crippen molar-refractivity contribution in [1.82, 2.24) is 14.9 Å². The van der Waals surface area contributed by atoms with Crippen molar-refractivity contribution in [3.8, 4) is 11.4 Å². The molecular formula is C19H18FN5O3S. The van der Waals surface area contributed by atoms with E-state index in [2.05, 4.69) is 15.5 Å². The van der Waals surface area contributed by atoms with Gasteiger partial charge in [-0.2, -0.15) is 0 Å². The quantitative estimate of drug-likeness (QED) is 0.347. The van der Waals surface area contributed by atoms with Crippen molar-refractivity contribution in [2.45, 2.75) is 12.1 Å². The average Bonchev–Trinajstić information content (AvgIpc) is 3.07. The largest absolute Gasteiger partial charge is 0.462 e. The number of hydrogen-bond acceptors (Lipinski definition) is 7. The highest BCUT2D eigenvalue weighted by Crippen LogP contribution is 2.22. The Labute approximate surface area is 170 Å². The zero-order chi connectivity index (χ0) is 20.8. The Morgan fingerprint density at radius 3 is 2.66 bits per heavy atom. The number of nitrogens with zero attached hydrogens (tertiary/aromatic N) is 3. The number of thioether (sulfide) groups is 1. The number of aromatic nitrogens is 3. The summed E-state index contributed by atoms with van der Waals surface area (Å²) in [6.07, 6.45) is 0. The SMILES string of the molecule is CCOC(=O)c1ccc(NC(=O)CSc2nnc(-c3cccc(F)c3)n2N)cc1. The fourth-order valence-electron chi connectivity index (χ4n) is 2.43. The van der Waals surface area contributed by atoms with Crippen molar-refractivity contribution in [3.63, 3.8) is 0 Å². The second kappa shape index (κ2) is 9.20. The van der Waals surface area contributed by atoms with Gasteiger partial charge in [-0.1, -0.05) is 23.9 Å². The van der Waals surface area contributed by atoms with Crippen LogP contribution in [0.1, 0.15) is 17.3 Å². The number of carbonyl (C=O) groups excluding carboxylic acids is 2. The lowest BCUT2D eigenvalue weighted by molar-refractivity contribution is -0.113. The molecule has 0 spiro atoms. The number of carbonyl (C=O) groups is 2. The molecular weight excluding hydrogens is 397 g/mol. The zero-order valence-electron chi connectivity index (χ0n) is 15.5. The van der Waals surface area contributed by atoms with E-state index < -0.39 is 11.8 Å². The smallest absolute Gasteiger partial charge is 0.338 e. The van der Waals surface area contributed by atoms with Crippen LogP contribution in [0.15, 0.2) is 53.7 Å². The van der Waals surface area contributed by atoms with Crippen LogP contribution < -0.4 is 11.2 Å². The third-order valence-corrected chi connectivity index (χ3v) is 4.70. The normalized spacial score (nSPS) is 10.6. The highest BCUT2D eigenvalue weighted by atomic mass is 32.2. The minimum absolute atomic E-state index is 0.0398. The Morgan fingerprint density at radius 2 is 1.97 bits per heavy atom. The van der Waals surface area contributed by atoms with Gasteiger partial charge >= 0.3 is 5.97 Å². The predicted molar refractivity (Wildman–Crippen MR) is 107 cm³/mol. The summed E-state index contributed by atoms with van der Waals surface area (Å²) in [6, 6.07) is 12.2. The van der Waals surface area contributed by atoms with Crippen molar-refractivity contribution in [2.75, 3.05) is 23.5 Å². The molecule has 0 unspecified atom stereocenters. The van der Waals surface area contributed by atoms with Crippen LogP contribution in [-0.2, 0) is 9.53 Å². The van der Waals surface area contributed by atoms with Gasteiger partial charge in [0.05, 0.1) is 17.9 Å². The molecule has 1 aromatic heterocycles. The standard InChI is InChI=1S/C19H18FN5O3S/c1-2-28-18(27)12-6-8-15(9-7-12)22-16(26)11-29-19-24-23-17(25(19)21)13-4-3-5-14(20)10-13/h3-10H,2,11,21H2,1H3,(H,22,26). The van der Waals surface area contributed by atoms with Crippen molar-refractivity contribution >= 4 is 29.3 Å². The van der Waals surface area contributed by atoms with E-state index in [4.69, 9.17) is 10.6 Å². The first kappa shape index (κ1) is 20.3. The summed E-state index contributed by atoms with van der Waals surface area (Å²) >= 11 is 1.09. The number of nitrogen functional groups attached to an aromatic ring is 1. The van der Waals surface area contributed by atoms with E-state index in [1.54, 1.807) is 43.3 Å². The summed E-state index contributed by atoms with van der Waals surface area (Å²) in [4.78, 5) is 23.8. The molecule has 3 aromatic rings. The maximum Gasteiger partial charge on any atom is 0.338 e. The molecule has 3 N–H and O–H groups in total. The zero-order valence-corrected chi connectivity index (χ0v) is 16.3. The van der Waals surface area contributed by atoms with Crippen LogP contribution >= 0.6 is 11.8 Å². The second-order valence-electron chi connectivity index (χ2n) is 5.82. The van der Waals surface area contributed by atoms with E-state index in [9.17, 15) is 14.0 Å². The summed E-state index contributed by atoms with van der Waals surface area (Å²) < 4.78 is 19.5. The highest BCUT2D eigenvalue weighted by molar-refractivity contribution is 7.99. The number of ether oxygens (including phenoxy) is 1. The molecule has 0 saturated heterocycles. The number of anilines is 1. The predicted octanol–water partition coefficient (Wildman–Crippen LogP) is 2.71. The van der Waals surface area contributed by atoms with Crippen LogP contribution in [0.2, 0.25) is 0 Å². The molecule has 2 aromatic carbocycles. The molecule has 8 nitrogen and oxygen atoms in total. The molecule has 0 fully saturated rings.